The van der Waals surface area contributed by atoms with Gasteiger partial charge in [-0.15, -0.1) is 22.7 Å². The van der Waals surface area contributed by atoms with Gasteiger partial charge in [0.15, 0.2) is 5.76 Å². The molecule has 0 aliphatic rings. The van der Waals surface area contributed by atoms with Gasteiger partial charge in [0.05, 0.1) is 9.75 Å². The Labute approximate surface area is 165 Å². The highest BCUT2D eigenvalue weighted by Gasteiger charge is 2.12. The van der Waals surface area contributed by atoms with E-state index in [1.807, 2.05) is 22.7 Å². The third kappa shape index (κ3) is 5.31. The molecular formula is C22H29NOS2. The van der Waals surface area contributed by atoms with Crippen molar-refractivity contribution in [1.82, 2.24) is 5.16 Å². The van der Waals surface area contributed by atoms with Crippen molar-refractivity contribution in [2.75, 3.05) is 0 Å². The number of unbranched alkanes of at least 4 members (excludes halogenated alkanes) is 5. The van der Waals surface area contributed by atoms with Crippen LogP contribution in [0.2, 0.25) is 0 Å². The Morgan fingerprint density at radius 1 is 0.769 bits per heavy atom. The van der Waals surface area contributed by atoms with Crippen molar-refractivity contribution in [1.29, 1.82) is 0 Å². The third-order valence-corrected chi connectivity index (χ3v) is 6.96. The van der Waals surface area contributed by atoms with Crippen LogP contribution in [0.3, 0.4) is 0 Å². The summed E-state index contributed by atoms with van der Waals surface area (Å²) in [5, 5.41) is 4.30. The summed E-state index contributed by atoms with van der Waals surface area (Å²) in [6.07, 6.45) is 11.5. The molecule has 0 spiro atoms. The first-order valence-corrected chi connectivity index (χ1v) is 11.6. The zero-order valence-corrected chi connectivity index (χ0v) is 17.6. The van der Waals surface area contributed by atoms with Crippen molar-refractivity contribution in [3.05, 3.63) is 40.1 Å². The summed E-state index contributed by atoms with van der Waals surface area (Å²) in [5.74, 6) is 0.894. The van der Waals surface area contributed by atoms with Gasteiger partial charge in [0, 0.05) is 15.8 Å². The lowest BCUT2D eigenvalue weighted by molar-refractivity contribution is 0.436. The van der Waals surface area contributed by atoms with Gasteiger partial charge in [-0.05, 0) is 49.9 Å². The smallest absolute Gasteiger partial charge is 0.177 e. The molecule has 0 aliphatic carbocycles. The molecule has 0 atom stereocenters. The van der Waals surface area contributed by atoms with Gasteiger partial charge in [0.1, 0.15) is 5.69 Å². The molecular weight excluding hydrogens is 358 g/mol. The van der Waals surface area contributed by atoms with Crippen molar-refractivity contribution >= 4 is 22.7 Å². The summed E-state index contributed by atoms with van der Waals surface area (Å²) in [4.78, 5) is 5.29. The average Bonchev–Trinajstić information content (AvgIpc) is 3.39. The SMILES string of the molecule is CCCCCCCc1ccc(-c2cc(-c3ccc(CCCC)s3)no2)s1. The molecule has 3 aromatic heterocycles. The Morgan fingerprint density at radius 3 is 2.19 bits per heavy atom. The fourth-order valence-electron chi connectivity index (χ4n) is 3.06. The molecule has 2 nitrogen and oxygen atoms in total. The summed E-state index contributed by atoms with van der Waals surface area (Å²) in [6, 6.07) is 10.9. The van der Waals surface area contributed by atoms with Crippen LogP contribution in [0.1, 0.15) is 68.5 Å². The van der Waals surface area contributed by atoms with Crippen molar-refractivity contribution in [3.8, 4) is 21.2 Å². The van der Waals surface area contributed by atoms with Gasteiger partial charge in [0.25, 0.3) is 0 Å². The zero-order chi connectivity index (χ0) is 18.2. The van der Waals surface area contributed by atoms with Gasteiger partial charge >= 0.3 is 0 Å². The van der Waals surface area contributed by atoms with E-state index < -0.39 is 0 Å². The predicted molar refractivity (Wildman–Crippen MR) is 114 cm³/mol. The maximum Gasteiger partial charge on any atom is 0.177 e. The number of aryl methyl sites for hydroxylation is 2. The molecule has 0 saturated heterocycles. The lowest BCUT2D eigenvalue weighted by atomic mass is 10.1. The minimum Gasteiger partial charge on any atom is -0.355 e. The standard InChI is InChI=1S/C22H29NOS2/c1-3-5-7-8-9-11-18-13-15-22(26-18)20-16-19(23-24-20)21-14-12-17(25-21)10-6-4-2/h12-16H,3-11H2,1-2H3. The van der Waals surface area contributed by atoms with Crippen LogP contribution in [0, 0.1) is 0 Å². The summed E-state index contributed by atoms with van der Waals surface area (Å²) in [7, 11) is 0. The number of aromatic nitrogens is 1. The van der Waals surface area contributed by atoms with Crippen LogP contribution < -0.4 is 0 Å². The van der Waals surface area contributed by atoms with Gasteiger partial charge in [-0.1, -0.05) is 51.1 Å². The predicted octanol–water partition coefficient (Wildman–Crippen LogP) is 7.99. The van der Waals surface area contributed by atoms with Gasteiger partial charge in [-0.3, -0.25) is 0 Å². The van der Waals surface area contributed by atoms with Crippen molar-refractivity contribution in [2.24, 2.45) is 0 Å². The fraction of sp³-hybridized carbons (Fsp3) is 0.500. The van der Waals surface area contributed by atoms with Crippen LogP contribution in [0.15, 0.2) is 34.9 Å². The van der Waals surface area contributed by atoms with E-state index in [4.69, 9.17) is 4.52 Å². The van der Waals surface area contributed by atoms with Gasteiger partial charge in [-0.25, -0.2) is 0 Å². The fourth-order valence-corrected chi connectivity index (χ4v) is 5.06. The van der Waals surface area contributed by atoms with Crippen LogP contribution in [0.4, 0.5) is 0 Å². The van der Waals surface area contributed by atoms with Crippen molar-refractivity contribution < 1.29 is 4.52 Å². The maximum absolute atomic E-state index is 5.63. The molecule has 3 rings (SSSR count). The van der Waals surface area contributed by atoms with E-state index in [9.17, 15) is 0 Å². The molecule has 4 heteroatoms. The Hall–Kier alpha value is -1.39. The molecule has 26 heavy (non-hydrogen) atoms. The lowest BCUT2D eigenvalue weighted by Crippen LogP contribution is -1.81. The Bertz CT molecular complexity index is 784. The van der Waals surface area contributed by atoms with Crippen LogP contribution in [-0.2, 0) is 12.8 Å². The van der Waals surface area contributed by atoms with Gasteiger partial charge < -0.3 is 4.52 Å². The van der Waals surface area contributed by atoms with E-state index in [2.05, 4.69) is 49.3 Å². The van der Waals surface area contributed by atoms with Crippen molar-refractivity contribution in [2.45, 2.75) is 71.6 Å². The molecule has 3 aromatic rings. The second kappa shape index (κ2) is 10.1. The summed E-state index contributed by atoms with van der Waals surface area (Å²) < 4.78 is 5.63. The molecule has 0 amide bonds. The highest BCUT2D eigenvalue weighted by Crippen LogP contribution is 2.34. The van der Waals surface area contributed by atoms with Crippen LogP contribution >= 0.6 is 22.7 Å². The second-order valence-corrected chi connectivity index (χ2v) is 9.21. The van der Waals surface area contributed by atoms with Gasteiger partial charge in [0.2, 0.25) is 0 Å². The normalized spacial score (nSPS) is 11.3. The van der Waals surface area contributed by atoms with Crippen LogP contribution in [0.5, 0.6) is 0 Å². The van der Waals surface area contributed by atoms with E-state index in [1.165, 1.54) is 77.3 Å². The number of rotatable bonds is 11. The first-order chi connectivity index (χ1) is 12.8. The zero-order valence-electron chi connectivity index (χ0n) is 15.9. The summed E-state index contributed by atoms with van der Waals surface area (Å²) in [5.41, 5.74) is 0.960. The third-order valence-electron chi connectivity index (χ3n) is 4.63. The minimum atomic E-state index is 0.894. The largest absolute Gasteiger partial charge is 0.355 e. The summed E-state index contributed by atoms with van der Waals surface area (Å²) >= 11 is 3.68. The summed E-state index contributed by atoms with van der Waals surface area (Å²) in [6.45, 7) is 4.50. The van der Waals surface area contributed by atoms with Crippen molar-refractivity contribution in [3.63, 3.8) is 0 Å². The molecule has 0 bridgehead atoms. The van der Waals surface area contributed by atoms with Gasteiger partial charge in [-0.2, -0.15) is 0 Å². The first-order valence-electron chi connectivity index (χ1n) is 9.95. The maximum atomic E-state index is 5.63. The lowest BCUT2D eigenvalue weighted by Gasteiger charge is -1.97. The van der Waals surface area contributed by atoms with E-state index >= 15 is 0 Å². The Kier molecular flexibility index (Phi) is 7.51. The molecule has 0 N–H and O–H groups in total. The Balaban J connectivity index is 1.58. The number of thiophene rings is 2. The quantitative estimate of drug-likeness (QED) is 0.312. The molecule has 140 valence electrons. The van der Waals surface area contributed by atoms with E-state index in [-0.39, 0.29) is 0 Å². The number of hydrogen-bond acceptors (Lipinski definition) is 4. The number of hydrogen-bond donors (Lipinski definition) is 0. The molecule has 0 unspecified atom stereocenters. The molecule has 0 saturated carbocycles. The minimum absolute atomic E-state index is 0.894. The van der Waals surface area contributed by atoms with E-state index in [0.29, 0.717) is 0 Å². The second-order valence-electron chi connectivity index (χ2n) is 6.88. The topological polar surface area (TPSA) is 26.0 Å². The van der Waals surface area contributed by atoms with Crippen LogP contribution in [0.25, 0.3) is 21.2 Å². The molecule has 0 aliphatic heterocycles. The van der Waals surface area contributed by atoms with E-state index in [0.717, 1.165) is 11.5 Å². The molecule has 3 heterocycles. The Morgan fingerprint density at radius 2 is 1.42 bits per heavy atom. The average molecular weight is 388 g/mol. The molecule has 0 aromatic carbocycles. The highest BCUT2D eigenvalue weighted by molar-refractivity contribution is 7.15. The monoisotopic (exact) mass is 387 g/mol. The molecule has 0 radical (unpaired) electrons. The number of nitrogens with zero attached hydrogens (tertiary/aromatic N) is 1. The van der Waals surface area contributed by atoms with E-state index in [1.54, 1.807) is 0 Å². The first kappa shape index (κ1) is 19.4. The highest BCUT2D eigenvalue weighted by atomic mass is 32.1. The van der Waals surface area contributed by atoms with Crippen LogP contribution in [-0.4, -0.2) is 5.16 Å². The molecule has 0 fully saturated rings.